The van der Waals surface area contributed by atoms with Gasteiger partial charge in [-0.1, -0.05) is 0 Å². The first-order valence-electron chi connectivity index (χ1n) is 12.5. The Morgan fingerprint density at radius 2 is 0.818 bits per heavy atom. The number of halogens is 22. The van der Waals surface area contributed by atoms with Crippen LogP contribution in [0.25, 0.3) is 0 Å². The summed E-state index contributed by atoms with van der Waals surface area (Å²) in [5.41, 5.74) is 0. The van der Waals surface area contributed by atoms with Gasteiger partial charge in [0.25, 0.3) is 10.1 Å². The molecule has 0 aromatic heterocycles. The van der Waals surface area contributed by atoms with Gasteiger partial charge in [-0.3, -0.25) is 23.6 Å². The summed E-state index contributed by atoms with van der Waals surface area (Å²) in [5, 5.41) is -3.15. The van der Waals surface area contributed by atoms with Gasteiger partial charge in [0.1, 0.15) is 26.4 Å². The van der Waals surface area contributed by atoms with E-state index in [-0.39, 0.29) is 29.6 Å². The zero-order chi connectivity index (χ0) is 43.4. The van der Waals surface area contributed by atoms with Crippen molar-refractivity contribution in [3.05, 3.63) is 0 Å². The molecule has 55 heavy (non-hydrogen) atoms. The van der Waals surface area contributed by atoms with Crippen LogP contribution in [0.4, 0.5) is 96.6 Å². The molecule has 0 aliphatic rings. The van der Waals surface area contributed by atoms with Crippen molar-refractivity contribution in [2.75, 3.05) is 39.6 Å². The van der Waals surface area contributed by atoms with Crippen LogP contribution in [-0.4, -0.2) is 160 Å². The van der Waals surface area contributed by atoms with Gasteiger partial charge in [-0.05, 0) is 0 Å². The van der Waals surface area contributed by atoms with Crippen LogP contribution >= 0.6 is 0 Å². The largest absolute Gasteiger partial charge is 0.463 e. The third kappa shape index (κ3) is 14.2. The number of carbonyl (C=O) groups is 2. The molecular weight excluding hydrogens is 889 g/mol. The Balaban J connectivity index is 0. The van der Waals surface area contributed by atoms with Crippen LogP contribution in [0.2, 0.25) is 0 Å². The fourth-order valence-electron chi connectivity index (χ4n) is 2.64. The molecule has 0 saturated heterocycles. The monoisotopic (exact) mass is 905 g/mol. The first-order chi connectivity index (χ1) is 23.5. The molecule has 0 aliphatic heterocycles. The second-order valence-electron chi connectivity index (χ2n) is 9.54. The van der Waals surface area contributed by atoms with Crippen molar-refractivity contribution in [2.45, 2.75) is 72.1 Å². The van der Waals surface area contributed by atoms with E-state index in [0.717, 1.165) is 0 Å². The van der Waals surface area contributed by atoms with E-state index >= 15 is 0 Å². The summed E-state index contributed by atoms with van der Waals surface area (Å²) in [6, 6.07) is 0. The van der Waals surface area contributed by atoms with Crippen LogP contribution in [0.3, 0.4) is 0 Å². The van der Waals surface area contributed by atoms with Crippen molar-refractivity contribution in [3.63, 3.8) is 0 Å². The summed E-state index contributed by atoms with van der Waals surface area (Å²) in [6.07, 6.45) is -44.7. The smallest absolute Gasteiger partial charge is 0.462 e. The van der Waals surface area contributed by atoms with Crippen molar-refractivity contribution in [3.8, 4) is 0 Å². The molecular formula is C20H16F22NaO11S. The molecule has 1 radical (unpaired) electrons. The minimum atomic E-state index is -7.43. The molecule has 0 amide bonds. The quantitative estimate of drug-likeness (QED) is 0.0549. The van der Waals surface area contributed by atoms with Crippen LogP contribution in [-0.2, 0) is 48.1 Å². The van der Waals surface area contributed by atoms with E-state index in [1.165, 1.54) is 0 Å². The Labute approximate surface area is 310 Å². The van der Waals surface area contributed by atoms with Crippen molar-refractivity contribution in [1.82, 2.24) is 0 Å². The van der Waals surface area contributed by atoms with Crippen molar-refractivity contribution >= 4 is 51.6 Å². The molecule has 35 heteroatoms. The van der Waals surface area contributed by atoms with E-state index in [9.17, 15) is 115 Å². The van der Waals surface area contributed by atoms with Crippen LogP contribution in [0.5, 0.6) is 0 Å². The Bertz CT molecular complexity index is 1380. The molecule has 0 fully saturated rings. The Kier molecular flexibility index (Phi) is 18.5. The van der Waals surface area contributed by atoms with Gasteiger partial charge in [0, 0.05) is 29.6 Å². The van der Waals surface area contributed by atoms with Crippen LogP contribution in [0, 0.1) is 0 Å². The molecule has 3 atom stereocenters. The zero-order valence-electron chi connectivity index (χ0n) is 25.8. The molecule has 0 aliphatic carbocycles. The van der Waals surface area contributed by atoms with E-state index in [4.69, 9.17) is 4.55 Å². The summed E-state index contributed by atoms with van der Waals surface area (Å²) < 4.78 is 334. The standard InChI is InChI=1S/C20H16F22O11S.Na/c21-11(15(27,28)29,52-19(39,40)13(23,24)17(33,34)35)6-48-1-3-50-9(43)5-8(54(45,46)47)10(44)51-4-2-49-7-12(22,16(30,31)32)53-20(41,42)14(25,26)18(36,37)38;/h8H,1-7H2,(H,45,46,47);. The normalized spacial score (nSPS) is 17.1. The number of rotatable bonds is 20. The molecule has 1 N–H and O–H groups in total. The molecule has 0 saturated carbocycles. The van der Waals surface area contributed by atoms with Gasteiger partial charge in [-0.15, -0.1) is 0 Å². The van der Waals surface area contributed by atoms with Crippen molar-refractivity contribution < 1.29 is 148 Å². The second-order valence-corrected chi connectivity index (χ2v) is 11.1. The predicted molar refractivity (Wildman–Crippen MR) is 123 cm³/mol. The maximum Gasteiger partial charge on any atom is 0.462 e. The second kappa shape index (κ2) is 18.4. The maximum atomic E-state index is 14.0. The topological polar surface area (TPSA) is 144 Å². The maximum absolute atomic E-state index is 14.0. The van der Waals surface area contributed by atoms with E-state index in [0.29, 0.717) is 0 Å². The van der Waals surface area contributed by atoms with Gasteiger partial charge in [0.2, 0.25) is 0 Å². The average Bonchev–Trinajstić information content (AvgIpc) is 2.91. The number of alkyl halides is 22. The predicted octanol–water partition coefficient (Wildman–Crippen LogP) is 5.44. The van der Waals surface area contributed by atoms with Gasteiger partial charge in [-0.2, -0.15) is 105 Å². The number of ether oxygens (including phenoxy) is 6. The van der Waals surface area contributed by atoms with Crippen molar-refractivity contribution in [1.29, 1.82) is 0 Å². The number of hydrogen-bond acceptors (Lipinski definition) is 10. The number of hydrogen-bond donors (Lipinski definition) is 1. The number of carbonyl (C=O) groups excluding carboxylic acids is 2. The first kappa shape index (κ1) is 55.2. The van der Waals surface area contributed by atoms with Gasteiger partial charge >= 0.3 is 72.4 Å². The third-order valence-electron chi connectivity index (χ3n) is 5.38. The molecule has 323 valence electrons. The molecule has 0 aromatic rings. The summed E-state index contributed by atoms with van der Waals surface area (Å²) in [7, 11) is -5.83. The van der Waals surface area contributed by atoms with Crippen LogP contribution in [0.1, 0.15) is 6.42 Å². The van der Waals surface area contributed by atoms with Gasteiger partial charge in [-0.25, -0.2) is 0 Å². The summed E-state index contributed by atoms with van der Waals surface area (Å²) in [6.45, 7) is -12.5. The SMILES string of the molecule is O=C(CC(C(=O)OCCOCC(F)(OC(F)(F)C(F)(F)C(F)(F)F)C(F)(F)F)S(=O)(=O)O)OCCOCC(F)(OC(F)(F)C(F)(F)C(F)(F)F)C(F)(F)F.[Na]. The molecule has 0 heterocycles. The summed E-state index contributed by atoms with van der Waals surface area (Å²) >= 11 is 0. The molecule has 0 bridgehead atoms. The van der Waals surface area contributed by atoms with Crippen molar-refractivity contribution in [2.24, 2.45) is 0 Å². The fraction of sp³-hybridized carbons (Fsp3) is 0.900. The first-order valence-corrected chi connectivity index (χ1v) is 14.0. The van der Waals surface area contributed by atoms with E-state index in [2.05, 4.69) is 28.4 Å². The summed E-state index contributed by atoms with van der Waals surface area (Å²) in [5.74, 6) is -31.5. The van der Waals surface area contributed by atoms with E-state index < -0.39 is 134 Å². The molecule has 11 nitrogen and oxygen atoms in total. The summed E-state index contributed by atoms with van der Waals surface area (Å²) in [4.78, 5) is 23.6. The Morgan fingerprint density at radius 3 is 1.09 bits per heavy atom. The number of esters is 2. The average molecular weight is 905 g/mol. The van der Waals surface area contributed by atoms with Crippen LogP contribution in [0.15, 0.2) is 0 Å². The molecule has 0 spiro atoms. The van der Waals surface area contributed by atoms with Gasteiger partial charge in [0.05, 0.1) is 19.6 Å². The minimum absolute atomic E-state index is 0. The zero-order valence-corrected chi connectivity index (χ0v) is 28.6. The van der Waals surface area contributed by atoms with E-state index in [1.807, 2.05) is 0 Å². The van der Waals surface area contributed by atoms with Gasteiger partial charge in [0.15, 0.2) is 5.25 Å². The Hall–Kier alpha value is -1.85. The third-order valence-corrected chi connectivity index (χ3v) is 6.46. The Morgan fingerprint density at radius 1 is 0.509 bits per heavy atom. The van der Waals surface area contributed by atoms with E-state index in [1.54, 1.807) is 0 Å². The van der Waals surface area contributed by atoms with Crippen LogP contribution < -0.4 is 0 Å². The van der Waals surface area contributed by atoms with Gasteiger partial charge < -0.3 is 18.9 Å². The fourth-order valence-corrected chi connectivity index (χ4v) is 3.30. The minimum Gasteiger partial charge on any atom is -0.463 e. The molecule has 3 unspecified atom stereocenters. The molecule has 0 aromatic carbocycles. The molecule has 0 rings (SSSR count).